The zero-order valence-electron chi connectivity index (χ0n) is 13.8. The highest BCUT2D eigenvalue weighted by Crippen LogP contribution is 2.29. The van der Waals surface area contributed by atoms with Crippen LogP contribution in [0.25, 0.3) is 0 Å². The van der Waals surface area contributed by atoms with Gasteiger partial charge >= 0.3 is 0 Å². The number of para-hydroxylation sites is 2. The summed E-state index contributed by atoms with van der Waals surface area (Å²) in [7, 11) is 0. The molecule has 0 fully saturated rings. The monoisotopic (exact) mass is 374 g/mol. The molecule has 0 heterocycles. The lowest BCUT2D eigenvalue weighted by Gasteiger charge is -2.23. The second-order valence-corrected chi connectivity index (χ2v) is 7.35. The first kappa shape index (κ1) is 17.5. The third-order valence-electron chi connectivity index (χ3n) is 3.55. The number of rotatable bonds is 5. The summed E-state index contributed by atoms with van der Waals surface area (Å²) in [6.07, 6.45) is 0.416. The summed E-state index contributed by atoms with van der Waals surface area (Å²) in [5, 5.41) is 6.29. The van der Waals surface area contributed by atoms with Gasteiger partial charge in [-0.1, -0.05) is 51.1 Å². The van der Waals surface area contributed by atoms with Crippen LogP contribution in [0.1, 0.15) is 32.8 Å². The van der Waals surface area contributed by atoms with Crippen LogP contribution in [0.2, 0.25) is 0 Å². The molecule has 0 unspecified atom stereocenters. The van der Waals surface area contributed by atoms with Gasteiger partial charge in [0.25, 0.3) is 0 Å². The highest BCUT2D eigenvalue weighted by molar-refractivity contribution is 9.10. The zero-order valence-corrected chi connectivity index (χ0v) is 15.4. The molecule has 0 aromatic heterocycles. The van der Waals surface area contributed by atoms with Crippen molar-refractivity contribution in [3.63, 3.8) is 0 Å². The maximum absolute atomic E-state index is 12.2. The molecule has 0 radical (unpaired) electrons. The topological polar surface area (TPSA) is 41.1 Å². The van der Waals surface area contributed by atoms with Crippen LogP contribution in [0.15, 0.2) is 53.0 Å². The first-order valence-electron chi connectivity index (χ1n) is 7.75. The Kier molecular flexibility index (Phi) is 5.83. The van der Waals surface area contributed by atoms with Crippen LogP contribution < -0.4 is 10.6 Å². The molecule has 0 atom stereocenters. The van der Waals surface area contributed by atoms with E-state index < -0.39 is 0 Å². The number of carbonyl (C=O) groups excluding carboxylic acids is 1. The Morgan fingerprint density at radius 1 is 1.00 bits per heavy atom. The number of nitrogens with one attached hydrogen (secondary N) is 2. The van der Waals surface area contributed by atoms with Crippen molar-refractivity contribution < 1.29 is 4.79 Å². The minimum atomic E-state index is -0.00295. The Bertz CT molecular complexity index is 677. The van der Waals surface area contributed by atoms with Gasteiger partial charge in [-0.05, 0) is 45.1 Å². The van der Waals surface area contributed by atoms with E-state index in [1.54, 1.807) is 0 Å². The maximum Gasteiger partial charge on any atom is 0.226 e. The molecule has 0 aliphatic carbocycles. The molecule has 2 N–H and O–H groups in total. The smallest absolute Gasteiger partial charge is 0.226 e. The molecule has 0 saturated heterocycles. The molecular formula is C19H23BrN2O. The molecule has 0 aliphatic heterocycles. The highest BCUT2D eigenvalue weighted by Gasteiger charge is 2.18. The van der Waals surface area contributed by atoms with E-state index in [0.29, 0.717) is 13.0 Å². The molecular weight excluding hydrogens is 352 g/mol. The number of benzene rings is 2. The van der Waals surface area contributed by atoms with Crippen LogP contribution in [0, 0.1) is 0 Å². The van der Waals surface area contributed by atoms with Gasteiger partial charge < -0.3 is 10.6 Å². The van der Waals surface area contributed by atoms with Crippen molar-refractivity contribution in [1.82, 2.24) is 0 Å². The summed E-state index contributed by atoms with van der Waals surface area (Å²) in [4.78, 5) is 12.2. The second-order valence-electron chi connectivity index (χ2n) is 6.50. The van der Waals surface area contributed by atoms with Gasteiger partial charge in [0.1, 0.15) is 0 Å². The van der Waals surface area contributed by atoms with E-state index in [1.807, 2.05) is 42.5 Å². The molecule has 1 amide bonds. The van der Waals surface area contributed by atoms with Crippen LogP contribution in [0.3, 0.4) is 0 Å². The number of amides is 1. The van der Waals surface area contributed by atoms with E-state index in [9.17, 15) is 4.79 Å². The first-order chi connectivity index (χ1) is 10.9. The lowest BCUT2D eigenvalue weighted by molar-refractivity contribution is -0.115. The molecule has 0 saturated carbocycles. The molecule has 0 aliphatic rings. The fourth-order valence-corrected chi connectivity index (χ4v) is 2.80. The van der Waals surface area contributed by atoms with Crippen LogP contribution >= 0.6 is 15.9 Å². The van der Waals surface area contributed by atoms with Gasteiger partial charge in [-0.15, -0.1) is 0 Å². The number of hydrogen-bond donors (Lipinski definition) is 2. The van der Waals surface area contributed by atoms with Crippen LogP contribution in [-0.4, -0.2) is 12.5 Å². The normalized spacial score (nSPS) is 11.1. The van der Waals surface area contributed by atoms with Crippen molar-refractivity contribution in [2.45, 2.75) is 32.6 Å². The van der Waals surface area contributed by atoms with Crippen molar-refractivity contribution in [2.24, 2.45) is 0 Å². The molecule has 2 rings (SSSR count). The Balaban J connectivity index is 1.92. The summed E-state index contributed by atoms with van der Waals surface area (Å²) in [5.41, 5.74) is 3.03. The molecule has 0 spiro atoms. The van der Waals surface area contributed by atoms with Gasteiger partial charge in [-0.25, -0.2) is 0 Å². The SMILES string of the molecule is CC(C)(C)c1ccccc1NC(=O)CCNc1ccccc1Br. The van der Waals surface area contributed by atoms with Crippen LogP contribution in [0.5, 0.6) is 0 Å². The van der Waals surface area contributed by atoms with E-state index >= 15 is 0 Å². The fraction of sp³-hybridized carbons (Fsp3) is 0.316. The zero-order chi connectivity index (χ0) is 16.9. The van der Waals surface area contributed by atoms with Crippen molar-refractivity contribution >= 4 is 33.2 Å². The standard InChI is InChI=1S/C19H23BrN2O/c1-19(2,3)14-8-4-6-10-16(14)22-18(23)12-13-21-17-11-7-5-9-15(17)20/h4-11,21H,12-13H2,1-3H3,(H,22,23). The number of halogens is 1. The highest BCUT2D eigenvalue weighted by atomic mass is 79.9. The average Bonchev–Trinajstić information content (AvgIpc) is 2.49. The predicted molar refractivity (Wildman–Crippen MR) is 101 cm³/mol. The van der Waals surface area contributed by atoms with E-state index in [-0.39, 0.29) is 11.3 Å². The van der Waals surface area contributed by atoms with Crippen molar-refractivity contribution in [2.75, 3.05) is 17.2 Å². The van der Waals surface area contributed by atoms with Gasteiger partial charge in [0, 0.05) is 28.8 Å². The van der Waals surface area contributed by atoms with Gasteiger partial charge in [-0.2, -0.15) is 0 Å². The Morgan fingerprint density at radius 3 is 2.26 bits per heavy atom. The van der Waals surface area contributed by atoms with Crippen LogP contribution in [0.4, 0.5) is 11.4 Å². The minimum Gasteiger partial charge on any atom is -0.384 e. The number of hydrogen-bond acceptors (Lipinski definition) is 2. The van der Waals surface area contributed by atoms with Gasteiger partial charge in [0.2, 0.25) is 5.91 Å². The summed E-state index contributed by atoms with van der Waals surface area (Å²) in [5.74, 6) is 0.0150. The molecule has 23 heavy (non-hydrogen) atoms. The van der Waals surface area contributed by atoms with E-state index in [4.69, 9.17) is 0 Å². The largest absolute Gasteiger partial charge is 0.384 e. The van der Waals surface area contributed by atoms with Gasteiger partial charge in [0.15, 0.2) is 0 Å². The summed E-state index contributed by atoms with van der Waals surface area (Å²) in [6, 6.07) is 15.9. The molecule has 2 aromatic carbocycles. The number of carbonyl (C=O) groups is 1. The van der Waals surface area contributed by atoms with Crippen molar-refractivity contribution in [3.8, 4) is 0 Å². The quantitative estimate of drug-likeness (QED) is 0.755. The average molecular weight is 375 g/mol. The first-order valence-corrected chi connectivity index (χ1v) is 8.55. The Hall–Kier alpha value is -1.81. The summed E-state index contributed by atoms with van der Waals surface area (Å²) < 4.78 is 0.999. The lowest BCUT2D eigenvalue weighted by Crippen LogP contribution is -2.20. The number of anilines is 2. The van der Waals surface area contributed by atoms with Crippen molar-refractivity contribution in [3.05, 3.63) is 58.6 Å². The van der Waals surface area contributed by atoms with E-state index in [0.717, 1.165) is 21.4 Å². The maximum atomic E-state index is 12.2. The molecule has 4 heteroatoms. The molecule has 2 aromatic rings. The molecule has 122 valence electrons. The molecule has 3 nitrogen and oxygen atoms in total. The van der Waals surface area contributed by atoms with E-state index in [2.05, 4.69) is 53.4 Å². The fourth-order valence-electron chi connectivity index (χ4n) is 2.37. The minimum absolute atomic E-state index is 0.00295. The Morgan fingerprint density at radius 2 is 1.61 bits per heavy atom. The summed E-state index contributed by atoms with van der Waals surface area (Å²) in [6.45, 7) is 7.03. The third kappa shape index (κ3) is 5.10. The Labute approximate surface area is 146 Å². The lowest BCUT2D eigenvalue weighted by atomic mass is 9.86. The van der Waals surface area contributed by atoms with Gasteiger partial charge in [0.05, 0.1) is 0 Å². The van der Waals surface area contributed by atoms with Crippen LogP contribution in [-0.2, 0) is 10.2 Å². The third-order valence-corrected chi connectivity index (χ3v) is 4.24. The predicted octanol–water partition coefficient (Wildman–Crippen LogP) is 5.19. The van der Waals surface area contributed by atoms with E-state index in [1.165, 1.54) is 0 Å². The summed E-state index contributed by atoms with van der Waals surface area (Å²) >= 11 is 3.49. The van der Waals surface area contributed by atoms with Gasteiger partial charge in [-0.3, -0.25) is 4.79 Å². The van der Waals surface area contributed by atoms with Crippen molar-refractivity contribution in [1.29, 1.82) is 0 Å². The molecule has 0 bridgehead atoms. The second kappa shape index (κ2) is 7.64.